The lowest BCUT2D eigenvalue weighted by molar-refractivity contribution is -0.118. The van der Waals surface area contributed by atoms with Crippen molar-refractivity contribution in [1.82, 2.24) is 25.5 Å². The van der Waals surface area contributed by atoms with Gasteiger partial charge in [-0.15, -0.1) is 5.10 Å². The number of nitrogens with zero attached hydrogens (tertiary/aromatic N) is 4. The summed E-state index contributed by atoms with van der Waals surface area (Å²) in [6, 6.07) is 12.0. The molecule has 0 bridgehead atoms. The van der Waals surface area contributed by atoms with Crippen molar-refractivity contribution in [2.75, 3.05) is 5.32 Å². The molecule has 1 fully saturated rings. The minimum absolute atomic E-state index is 0.158. The smallest absolute Gasteiger partial charge is 0.251 e. The average Bonchev–Trinajstić information content (AvgIpc) is 3.48. The van der Waals surface area contributed by atoms with Crippen molar-refractivity contribution in [3.63, 3.8) is 0 Å². The quantitative estimate of drug-likeness (QED) is 0.609. The van der Waals surface area contributed by atoms with Crippen molar-refractivity contribution in [2.45, 2.75) is 38.8 Å². The van der Waals surface area contributed by atoms with E-state index in [-0.39, 0.29) is 17.4 Å². The van der Waals surface area contributed by atoms with Crippen LogP contribution in [0.2, 0.25) is 0 Å². The van der Waals surface area contributed by atoms with Gasteiger partial charge in [0.1, 0.15) is 11.9 Å². The minimum atomic E-state index is -0.766. The van der Waals surface area contributed by atoms with E-state index in [1.807, 2.05) is 32.0 Å². The zero-order chi connectivity index (χ0) is 22.0. The first-order valence-corrected chi connectivity index (χ1v) is 10.2. The Morgan fingerprint density at radius 1 is 1.13 bits per heavy atom. The molecule has 1 aromatic heterocycles. The molecule has 160 valence electrons. The molecule has 0 aliphatic heterocycles. The molecule has 1 unspecified atom stereocenters. The van der Waals surface area contributed by atoms with Gasteiger partial charge in [-0.25, -0.2) is 9.07 Å². The topological polar surface area (TPSA) is 102 Å². The summed E-state index contributed by atoms with van der Waals surface area (Å²) in [6.07, 6.45) is 2.11. The highest BCUT2D eigenvalue weighted by Crippen LogP contribution is 2.36. The molecule has 31 heavy (non-hydrogen) atoms. The second-order valence-corrected chi connectivity index (χ2v) is 7.95. The van der Waals surface area contributed by atoms with Crippen LogP contribution in [0.5, 0.6) is 0 Å². The molecule has 2 aromatic carbocycles. The molecule has 2 N–H and O–H groups in total. The molecule has 3 aromatic rings. The van der Waals surface area contributed by atoms with Crippen LogP contribution < -0.4 is 10.6 Å². The molecule has 0 spiro atoms. The lowest BCUT2D eigenvalue weighted by atomic mass is 10.0. The van der Waals surface area contributed by atoms with E-state index in [0.29, 0.717) is 17.6 Å². The summed E-state index contributed by atoms with van der Waals surface area (Å²) in [7, 11) is 0. The molecule has 9 heteroatoms. The Bertz CT molecular complexity index is 1090. The molecule has 1 saturated carbocycles. The Hall–Kier alpha value is -3.62. The molecule has 1 atom stereocenters. The fourth-order valence-electron chi connectivity index (χ4n) is 3.27. The molecule has 0 saturated heterocycles. The van der Waals surface area contributed by atoms with E-state index in [1.165, 1.54) is 24.3 Å². The number of anilines is 1. The highest BCUT2D eigenvalue weighted by atomic mass is 19.1. The summed E-state index contributed by atoms with van der Waals surface area (Å²) < 4.78 is 14.9. The third-order valence-corrected chi connectivity index (χ3v) is 5.12. The lowest BCUT2D eigenvalue weighted by Gasteiger charge is -2.22. The summed E-state index contributed by atoms with van der Waals surface area (Å²) in [5, 5.41) is 17.6. The van der Waals surface area contributed by atoms with Gasteiger partial charge in [0.15, 0.2) is 5.82 Å². The number of hydrogen-bond donors (Lipinski definition) is 2. The van der Waals surface area contributed by atoms with Crippen LogP contribution in [-0.2, 0) is 4.79 Å². The Kier molecular flexibility index (Phi) is 5.75. The van der Waals surface area contributed by atoms with Gasteiger partial charge in [0.2, 0.25) is 5.91 Å². The number of aromatic nitrogens is 4. The molecule has 0 radical (unpaired) electrons. The maximum Gasteiger partial charge on any atom is 0.251 e. The van der Waals surface area contributed by atoms with Crippen molar-refractivity contribution in [1.29, 1.82) is 0 Å². The second-order valence-electron chi connectivity index (χ2n) is 7.95. The van der Waals surface area contributed by atoms with Gasteiger partial charge < -0.3 is 10.6 Å². The number of nitrogens with one attached hydrogen (secondary N) is 2. The molecule has 1 aliphatic carbocycles. The van der Waals surface area contributed by atoms with E-state index in [1.54, 1.807) is 10.7 Å². The number of halogens is 1. The van der Waals surface area contributed by atoms with E-state index in [2.05, 4.69) is 26.2 Å². The predicted molar refractivity (Wildman–Crippen MR) is 113 cm³/mol. The van der Waals surface area contributed by atoms with Gasteiger partial charge >= 0.3 is 0 Å². The van der Waals surface area contributed by atoms with Crippen LogP contribution in [0.4, 0.5) is 10.1 Å². The highest BCUT2D eigenvalue weighted by molar-refractivity contribution is 6.01. The zero-order valence-corrected chi connectivity index (χ0v) is 17.2. The molecule has 1 heterocycles. The summed E-state index contributed by atoms with van der Waals surface area (Å²) in [5.41, 5.74) is 1.66. The third kappa shape index (κ3) is 4.76. The molecular weight excluding hydrogens is 399 g/mol. The first-order chi connectivity index (χ1) is 14.9. The van der Waals surface area contributed by atoms with Crippen molar-refractivity contribution >= 4 is 17.5 Å². The van der Waals surface area contributed by atoms with Crippen LogP contribution in [-0.4, -0.2) is 38.1 Å². The van der Waals surface area contributed by atoms with Gasteiger partial charge in [-0.2, -0.15) is 0 Å². The van der Waals surface area contributed by atoms with E-state index < -0.39 is 17.8 Å². The van der Waals surface area contributed by atoms with Crippen molar-refractivity contribution in [2.24, 2.45) is 5.92 Å². The Morgan fingerprint density at radius 2 is 1.87 bits per heavy atom. The van der Waals surface area contributed by atoms with E-state index >= 15 is 0 Å². The largest absolute Gasteiger partial charge is 0.340 e. The van der Waals surface area contributed by atoms with Crippen LogP contribution in [0.3, 0.4) is 0 Å². The van der Waals surface area contributed by atoms with Crippen molar-refractivity contribution in [3.05, 3.63) is 59.9 Å². The summed E-state index contributed by atoms with van der Waals surface area (Å²) in [4.78, 5) is 25.4. The number of tetrazole rings is 1. The van der Waals surface area contributed by atoms with E-state index in [4.69, 9.17) is 0 Å². The van der Waals surface area contributed by atoms with Crippen molar-refractivity contribution in [3.8, 4) is 11.4 Å². The number of rotatable bonds is 7. The Balaban J connectivity index is 1.48. The maximum absolute atomic E-state index is 13.1. The monoisotopic (exact) mass is 422 g/mol. The predicted octanol–water partition coefficient (Wildman–Crippen LogP) is 3.21. The van der Waals surface area contributed by atoms with Gasteiger partial charge in [-0.1, -0.05) is 26.0 Å². The SMILES string of the molecule is CC(C)C(NC(=O)c1ccc(F)cc1)C(=O)Nc1cccc(-c2nnnn2C2CC2)c1. The van der Waals surface area contributed by atoms with Gasteiger partial charge in [0, 0.05) is 16.8 Å². The second kappa shape index (κ2) is 8.63. The lowest BCUT2D eigenvalue weighted by Crippen LogP contribution is -2.47. The normalized spacial score (nSPS) is 14.3. The van der Waals surface area contributed by atoms with Crippen LogP contribution in [0.1, 0.15) is 43.1 Å². The summed E-state index contributed by atoms with van der Waals surface area (Å²) in [6.45, 7) is 3.69. The number of hydrogen-bond acceptors (Lipinski definition) is 5. The molecular formula is C22H23FN6O2. The summed E-state index contributed by atoms with van der Waals surface area (Å²) >= 11 is 0. The molecule has 1 aliphatic rings. The average molecular weight is 422 g/mol. The Labute approximate surface area is 178 Å². The molecule has 8 nitrogen and oxygen atoms in total. The van der Waals surface area contributed by atoms with Crippen LogP contribution >= 0.6 is 0 Å². The van der Waals surface area contributed by atoms with E-state index in [0.717, 1.165) is 18.4 Å². The molecule has 2 amide bonds. The number of carbonyl (C=O) groups is 2. The van der Waals surface area contributed by atoms with Crippen LogP contribution in [0, 0.1) is 11.7 Å². The first-order valence-electron chi connectivity index (χ1n) is 10.2. The zero-order valence-electron chi connectivity index (χ0n) is 17.2. The first kappa shape index (κ1) is 20.6. The minimum Gasteiger partial charge on any atom is -0.340 e. The summed E-state index contributed by atoms with van der Waals surface area (Å²) in [5.74, 6) is -0.712. The van der Waals surface area contributed by atoms with Gasteiger partial charge in [0.05, 0.1) is 6.04 Å². The Morgan fingerprint density at radius 3 is 2.55 bits per heavy atom. The fourth-order valence-corrected chi connectivity index (χ4v) is 3.27. The number of carbonyl (C=O) groups excluding carboxylic acids is 2. The number of amides is 2. The molecule has 4 rings (SSSR count). The van der Waals surface area contributed by atoms with E-state index in [9.17, 15) is 14.0 Å². The standard InChI is InChI=1S/C22H23FN6O2/c1-13(2)19(25-21(30)14-6-8-16(23)9-7-14)22(31)24-17-5-3-4-15(12-17)20-26-27-28-29(20)18-10-11-18/h3-9,12-13,18-19H,10-11H2,1-2H3,(H,24,31)(H,25,30). The number of benzene rings is 2. The van der Waals surface area contributed by atoms with Crippen molar-refractivity contribution < 1.29 is 14.0 Å². The van der Waals surface area contributed by atoms with Crippen LogP contribution in [0.15, 0.2) is 48.5 Å². The van der Waals surface area contributed by atoms with Crippen LogP contribution in [0.25, 0.3) is 11.4 Å². The maximum atomic E-state index is 13.1. The fraction of sp³-hybridized carbons (Fsp3) is 0.318. The highest BCUT2D eigenvalue weighted by Gasteiger charge is 2.28. The third-order valence-electron chi connectivity index (χ3n) is 5.12. The van der Waals surface area contributed by atoms with Gasteiger partial charge in [-0.3, -0.25) is 9.59 Å². The van der Waals surface area contributed by atoms with Gasteiger partial charge in [0.25, 0.3) is 5.91 Å². The van der Waals surface area contributed by atoms with Gasteiger partial charge in [-0.05, 0) is 65.6 Å².